The number of nitrogens with zero attached hydrogens (tertiary/aromatic N) is 1. The number of benzene rings is 4. The predicted molar refractivity (Wildman–Crippen MR) is 136 cm³/mol. The minimum absolute atomic E-state index is 0.154. The van der Waals surface area contributed by atoms with E-state index in [1.807, 2.05) is 43.3 Å². The molecule has 2 amide bonds. The Morgan fingerprint density at radius 3 is 2.21 bits per heavy atom. The van der Waals surface area contributed by atoms with Crippen LogP contribution in [0.5, 0.6) is 0 Å². The number of fused-ring (bicyclic) bond motifs is 2. The second kappa shape index (κ2) is 10.3. The van der Waals surface area contributed by atoms with Crippen molar-refractivity contribution in [2.75, 3.05) is 5.32 Å². The largest absolute Gasteiger partial charge is 0.326 e. The van der Waals surface area contributed by atoms with Gasteiger partial charge in [-0.05, 0) is 58.7 Å². The molecule has 0 saturated heterocycles. The minimum Gasteiger partial charge on any atom is -0.326 e. The van der Waals surface area contributed by atoms with Crippen LogP contribution in [-0.4, -0.2) is 18.0 Å². The summed E-state index contributed by atoms with van der Waals surface area (Å²) in [5.41, 5.74) is 5.04. The maximum Gasteiger partial charge on any atom is 0.240 e. The van der Waals surface area contributed by atoms with E-state index in [2.05, 4.69) is 34.0 Å². The lowest BCUT2D eigenvalue weighted by Gasteiger charge is -2.09. The highest BCUT2D eigenvalue weighted by molar-refractivity contribution is 6.31. The molecular weight excluding hydrogens is 434 g/mol. The molecule has 0 aromatic heterocycles. The van der Waals surface area contributed by atoms with Gasteiger partial charge in [-0.1, -0.05) is 66.2 Å². The molecule has 0 spiro atoms. The molecule has 2 N–H and O–H groups in total. The summed E-state index contributed by atoms with van der Waals surface area (Å²) in [5.74, 6) is -0.388. The van der Waals surface area contributed by atoms with Crippen molar-refractivity contribution in [2.24, 2.45) is 5.10 Å². The Bertz CT molecular complexity index is 1310. The number of carbonyl (C=O) groups is 2. The topological polar surface area (TPSA) is 70.6 Å². The molecule has 5 nitrogen and oxygen atoms in total. The number of nitrogens with one attached hydrogen (secondary N) is 2. The highest BCUT2D eigenvalue weighted by Crippen LogP contribution is 2.27. The van der Waals surface area contributed by atoms with Crippen molar-refractivity contribution in [3.05, 3.63) is 88.9 Å². The van der Waals surface area contributed by atoms with Crippen molar-refractivity contribution in [1.29, 1.82) is 0 Å². The molecular formula is C27H24ClN3O2. The van der Waals surface area contributed by atoms with E-state index in [1.54, 1.807) is 24.4 Å². The summed E-state index contributed by atoms with van der Waals surface area (Å²) in [6, 6.07) is 23.7. The average Bonchev–Trinajstić information content (AvgIpc) is 2.81. The van der Waals surface area contributed by atoms with Gasteiger partial charge in [-0.3, -0.25) is 9.59 Å². The molecule has 166 valence electrons. The average molecular weight is 458 g/mol. The quantitative estimate of drug-likeness (QED) is 0.196. The molecule has 0 aliphatic heterocycles. The van der Waals surface area contributed by atoms with E-state index in [0.717, 1.165) is 32.7 Å². The van der Waals surface area contributed by atoms with E-state index in [-0.39, 0.29) is 24.7 Å². The van der Waals surface area contributed by atoms with Crippen LogP contribution in [0.3, 0.4) is 0 Å². The van der Waals surface area contributed by atoms with Gasteiger partial charge in [-0.25, -0.2) is 5.43 Å². The van der Waals surface area contributed by atoms with Crippen molar-refractivity contribution in [3.8, 4) is 0 Å². The summed E-state index contributed by atoms with van der Waals surface area (Å²) in [7, 11) is 0. The van der Waals surface area contributed by atoms with Crippen LogP contribution in [0, 0.1) is 6.92 Å². The van der Waals surface area contributed by atoms with Crippen molar-refractivity contribution in [3.63, 3.8) is 0 Å². The fourth-order valence-electron chi connectivity index (χ4n) is 3.78. The molecule has 33 heavy (non-hydrogen) atoms. The van der Waals surface area contributed by atoms with Gasteiger partial charge >= 0.3 is 0 Å². The van der Waals surface area contributed by atoms with Crippen LogP contribution in [-0.2, 0) is 9.59 Å². The zero-order chi connectivity index (χ0) is 23.2. The lowest BCUT2D eigenvalue weighted by Crippen LogP contribution is -2.18. The second-order valence-electron chi connectivity index (χ2n) is 7.84. The summed E-state index contributed by atoms with van der Waals surface area (Å²) < 4.78 is 0. The van der Waals surface area contributed by atoms with Crippen LogP contribution < -0.4 is 10.7 Å². The smallest absolute Gasteiger partial charge is 0.240 e. The molecule has 4 rings (SSSR count). The zero-order valence-corrected chi connectivity index (χ0v) is 19.0. The molecule has 4 aromatic rings. The Hall–Kier alpha value is -3.70. The molecule has 0 aliphatic rings. The molecule has 0 radical (unpaired) electrons. The van der Waals surface area contributed by atoms with Crippen molar-refractivity contribution in [1.82, 2.24) is 5.43 Å². The van der Waals surface area contributed by atoms with Gasteiger partial charge < -0.3 is 5.32 Å². The standard InChI is InChI=1S/C27H24ClN3O2/c1-18-24(28)12-6-13-25(18)30-26(32)14-7-15-27(33)31-29-17-23-21-10-4-2-8-19(21)16-20-9-3-5-11-22(20)23/h2-6,8-13,16-17H,7,14-15H2,1H3,(H,30,32)(H,31,33)/b29-17-. The van der Waals surface area contributed by atoms with Crippen LogP contribution in [0.15, 0.2) is 77.9 Å². The highest BCUT2D eigenvalue weighted by atomic mass is 35.5. The number of rotatable bonds is 7. The highest BCUT2D eigenvalue weighted by Gasteiger charge is 2.09. The number of amides is 2. The second-order valence-corrected chi connectivity index (χ2v) is 8.25. The van der Waals surface area contributed by atoms with Crippen LogP contribution in [0.25, 0.3) is 21.5 Å². The van der Waals surface area contributed by atoms with Crippen LogP contribution in [0.4, 0.5) is 5.69 Å². The molecule has 6 heteroatoms. The van der Waals surface area contributed by atoms with E-state index in [9.17, 15) is 9.59 Å². The zero-order valence-electron chi connectivity index (χ0n) is 18.3. The number of hydrazone groups is 1. The van der Waals surface area contributed by atoms with Crippen molar-refractivity contribution < 1.29 is 9.59 Å². The molecule has 0 fully saturated rings. The normalized spacial score (nSPS) is 11.2. The maximum absolute atomic E-state index is 12.2. The van der Waals surface area contributed by atoms with Crippen LogP contribution >= 0.6 is 11.6 Å². The number of hydrogen-bond donors (Lipinski definition) is 2. The minimum atomic E-state index is -0.234. The molecule has 0 aliphatic carbocycles. The summed E-state index contributed by atoms with van der Waals surface area (Å²) in [6.45, 7) is 1.85. The van der Waals surface area contributed by atoms with E-state index in [0.29, 0.717) is 17.1 Å². The van der Waals surface area contributed by atoms with E-state index in [4.69, 9.17) is 11.6 Å². The Labute approximate surface area is 197 Å². The first-order chi connectivity index (χ1) is 16.0. The van der Waals surface area contributed by atoms with Gasteiger partial charge in [-0.2, -0.15) is 5.10 Å². The summed E-state index contributed by atoms with van der Waals surface area (Å²) in [6.07, 6.45) is 2.55. The monoisotopic (exact) mass is 457 g/mol. The van der Waals surface area contributed by atoms with Gasteiger partial charge in [0.2, 0.25) is 11.8 Å². The van der Waals surface area contributed by atoms with Gasteiger partial charge in [0, 0.05) is 29.1 Å². The number of carbonyl (C=O) groups excluding carboxylic acids is 2. The molecule has 0 bridgehead atoms. The Morgan fingerprint density at radius 1 is 0.879 bits per heavy atom. The third kappa shape index (κ3) is 5.38. The summed E-state index contributed by atoms with van der Waals surface area (Å²) >= 11 is 6.08. The van der Waals surface area contributed by atoms with Gasteiger partial charge in [0.15, 0.2) is 0 Å². The first kappa shape index (κ1) is 22.5. The summed E-state index contributed by atoms with van der Waals surface area (Å²) in [5, 5.41) is 12.0. The fourth-order valence-corrected chi connectivity index (χ4v) is 3.95. The molecule has 0 unspecified atom stereocenters. The van der Waals surface area contributed by atoms with Gasteiger partial charge in [0.05, 0.1) is 6.21 Å². The van der Waals surface area contributed by atoms with E-state index in [1.165, 1.54) is 0 Å². The van der Waals surface area contributed by atoms with E-state index < -0.39 is 0 Å². The maximum atomic E-state index is 12.2. The third-order valence-corrected chi connectivity index (χ3v) is 5.95. The van der Waals surface area contributed by atoms with Crippen molar-refractivity contribution >= 4 is 56.9 Å². The fraction of sp³-hybridized carbons (Fsp3) is 0.148. The Kier molecular flexibility index (Phi) is 7.01. The van der Waals surface area contributed by atoms with Crippen LogP contribution in [0.1, 0.15) is 30.4 Å². The third-order valence-electron chi connectivity index (χ3n) is 5.55. The van der Waals surface area contributed by atoms with Crippen molar-refractivity contribution in [2.45, 2.75) is 26.2 Å². The molecule has 4 aromatic carbocycles. The molecule has 0 atom stereocenters. The van der Waals surface area contributed by atoms with Gasteiger partial charge in [-0.15, -0.1) is 0 Å². The number of anilines is 1. The van der Waals surface area contributed by atoms with E-state index >= 15 is 0 Å². The molecule has 0 saturated carbocycles. The van der Waals surface area contributed by atoms with Crippen LogP contribution in [0.2, 0.25) is 5.02 Å². The first-order valence-electron chi connectivity index (χ1n) is 10.8. The number of halogens is 1. The first-order valence-corrected chi connectivity index (χ1v) is 11.2. The Morgan fingerprint density at radius 2 is 1.52 bits per heavy atom. The molecule has 0 heterocycles. The Balaban J connectivity index is 1.34. The number of hydrogen-bond acceptors (Lipinski definition) is 3. The predicted octanol–water partition coefficient (Wildman–Crippen LogP) is 6.21. The lowest BCUT2D eigenvalue weighted by molar-refractivity contribution is -0.121. The van der Waals surface area contributed by atoms with Gasteiger partial charge in [0.25, 0.3) is 0 Å². The van der Waals surface area contributed by atoms with Gasteiger partial charge in [0.1, 0.15) is 0 Å². The SMILES string of the molecule is Cc1c(Cl)cccc1NC(=O)CCCC(=O)N/N=C\c1c2ccccc2cc2ccccc12. The summed E-state index contributed by atoms with van der Waals surface area (Å²) in [4.78, 5) is 24.4. The lowest BCUT2D eigenvalue weighted by atomic mass is 9.97.